The third-order valence-corrected chi connectivity index (χ3v) is 3.27. The maximum atomic E-state index is 11.9. The highest BCUT2D eigenvalue weighted by atomic mass is 16.2. The van der Waals surface area contributed by atoms with E-state index < -0.39 is 0 Å². The summed E-state index contributed by atoms with van der Waals surface area (Å²) in [5, 5.41) is 7.78. The predicted octanol–water partition coefficient (Wildman–Crippen LogP) is 1.73. The highest BCUT2D eigenvalue weighted by Gasteiger charge is 2.25. The number of nitrogens with zero attached hydrogens (tertiary/aromatic N) is 3. The van der Waals surface area contributed by atoms with Crippen molar-refractivity contribution in [3.8, 4) is 0 Å². The number of nitrogens with one attached hydrogen (secondary N) is 3. The normalized spacial score (nSPS) is 15.2. The van der Waals surface area contributed by atoms with Crippen LogP contribution in [0.4, 0.5) is 11.5 Å². The fourth-order valence-electron chi connectivity index (χ4n) is 2.28. The molecule has 102 valence electrons. The minimum atomic E-state index is -0.233. The van der Waals surface area contributed by atoms with Gasteiger partial charge in [-0.3, -0.25) is 10.2 Å². The van der Waals surface area contributed by atoms with Crippen molar-refractivity contribution < 1.29 is 4.79 Å². The van der Waals surface area contributed by atoms with Gasteiger partial charge in [0.15, 0.2) is 11.5 Å². The fourth-order valence-corrected chi connectivity index (χ4v) is 2.28. The molecule has 3 heterocycles. The van der Waals surface area contributed by atoms with Crippen molar-refractivity contribution >= 4 is 34.2 Å². The second kappa shape index (κ2) is 4.41. The Morgan fingerprint density at radius 2 is 2.05 bits per heavy atom. The third kappa shape index (κ3) is 1.83. The molecule has 4 rings (SSSR count). The standard InChI is InChI=1S/C14H10N6O/c21-14-11(8-3-1-2-4-10(8)18-14)19-20-13-9-5-6-15-12(9)16-7-17-13/h1-7H,(H,18,19,21)(H2,15,16,17,20). The van der Waals surface area contributed by atoms with Crippen molar-refractivity contribution in [1.82, 2.24) is 15.0 Å². The molecule has 0 saturated heterocycles. The van der Waals surface area contributed by atoms with Crippen LogP contribution in [0, 0.1) is 0 Å². The van der Waals surface area contributed by atoms with E-state index in [4.69, 9.17) is 0 Å². The average molecular weight is 278 g/mol. The number of amides is 1. The van der Waals surface area contributed by atoms with E-state index in [9.17, 15) is 4.79 Å². The molecule has 3 aromatic rings. The molecular weight excluding hydrogens is 268 g/mol. The summed E-state index contributed by atoms with van der Waals surface area (Å²) in [7, 11) is 0. The molecule has 1 aliphatic rings. The monoisotopic (exact) mass is 278 g/mol. The molecule has 0 saturated carbocycles. The molecule has 7 heteroatoms. The Labute approximate surface area is 119 Å². The number of anilines is 2. The fraction of sp³-hybridized carbons (Fsp3) is 0. The number of fused-ring (bicyclic) bond motifs is 2. The van der Waals surface area contributed by atoms with E-state index in [-0.39, 0.29) is 5.91 Å². The zero-order valence-corrected chi connectivity index (χ0v) is 10.8. The first-order valence-electron chi connectivity index (χ1n) is 6.35. The van der Waals surface area contributed by atoms with Gasteiger partial charge in [0, 0.05) is 11.8 Å². The van der Waals surface area contributed by atoms with E-state index in [0.29, 0.717) is 17.2 Å². The maximum Gasteiger partial charge on any atom is 0.276 e. The summed E-state index contributed by atoms with van der Waals surface area (Å²) in [6.45, 7) is 0. The summed E-state index contributed by atoms with van der Waals surface area (Å²) in [6.07, 6.45) is 3.21. The number of hydrogen-bond donors (Lipinski definition) is 3. The number of carbonyl (C=O) groups excluding carboxylic acids is 1. The van der Waals surface area contributed by atoms with E-state index in [2.05, 4.69) is 30.8 Å². The Morgan fingerprint density at radius 1 is 1.14 bits per heavy atom. The van der Waals surface area contributed by atoms with Crippen molar-refractivity contribution in [1.29, 1.82) is 0 Å². The van der Waals surface area contributed by atoms with Gasteiger partial charge in [-0.1, -0.05) is 18.2 Å². The van der Waals surface area contributed by atoms with Gasteiger partial charge in [0.25, 0.3) is 5.91 Å². The molecule has 0 fully saturated rings. The number of hydrogen-bond acceptors (Lipinski definition) is 5. The van der Waals surface area contributed by atoms with Gasteiger partial charge in [0.1, 0.15) is 12.0 Å². The lowest BCUT2D eigenvalue weighted by molar-refractivity contribution is -0.110. The summed E-state index contributed by atoms with van der Waals surface area (Å²) in [6, 6.07) is 9.26. The molecular formula is C14H10N6O. The summed E-state index contributed by atoms with van der Waals surface area (Å²) in [4.78, 5) is 23.2. The molecule has 2 aromatic heterocycles. The first-order chi connectivity index (χ1) is 10.3. The molecule has 0 bridgehead atoms. The Bertz CT molecular complexity index is 882. The second-order valence-electron chi connectivity index (χ2n) is 4.53. The molecule has 21 heavy (non-hydrogen) atoms. The number of benzene rings is 1. The largest absolute Gasteiger partial charge is 0.346 e. The van der Waals surface area contributed by atoms with Crippen LogP contribution in [-0.4, -0.2) is 26.6 Å². The van der Waals surface area contributed by atoms with Crippen LogP contribution in [0.3, 0.4) is 0 Å². The molecule has 0 atom stereocenters. The zero-order valence-electron chi connectivity index (χ0n) is 10.8. The topological polar surface area (TPSA) is 95.1 Å². The van der Waals surface area contributed by atoms with Gasteiger partial charge in [-0.25, -0.2) is 9.97 Å². The van der Waals surface area contributed by atoms with Gasteiger partial charge in [-0.05, 0) is 12.1 Å². The minimum Gasteiger partial charge on any atom is -0.346 e. The molecule has 0 aliphatic carbocycles. The van der Waals surface area contributed by atoms with Crippen LogP contribution < -0.4 is 10.7 Å². The number of para-hydroxylation sites is 1. The molecule has 0 spiro atoms. The van der Waals surface area contributed by atoms with E-state index in [0.717, 1.165) is 16.6 Å². The van der Waals surface area contributed by atoms with Crippen molar-refractivity contribution in [3.05, 3.63) is 48.4 Å². The van der Waals surface area contributed by atoms with Gasteiger partial charge in [0.2, 0.25) is 0 Å². The number of hydrazone groups is 1. The number of carbonyl (C=O) groups is 1. The lowest BCUT2D eigenvalue weighted by Gasteiger charge is -2.01. The van der Waals surface area contributed by atoms with E-state index in [1.807, 2.05) is 30.3 Å². The Balaban J connectivity index is 1.73. The van der Waals surface area contributed by atoms with E-state index in [1.165, 1.54) is 6.33 Å². The number of aromatic amines is 1. The molecule has 3 N–H and O–H groups in total. The van der Waals surface area contributed by atoms with Crippen molar-refractivity contribution in [2.75, 3.05) is 10.7 Å². The SMILES string of the molecule is O=C1Nc2ccccc2/C1=N/Nc1ncnc2[nH]ccc12. The highest BCUT2D eigenvalue weighted by molar-refractivity contribution is 6.53. The molecule has 1 aliphatic heterocycles. The van der Waals surface area contributed by atoms with Crippen LogP contribution in [-0.2, 0) is 4.79 Å². The summed E-state index contributed by atoms with van der Waals surface area (Å²) in [5.74, 6) is 0.314. The van der Waals surface area contributed by atoms with Crippen LogP contribution in [0.2, 0.25) is 0 Å². The lowest BCUT2D eigenvalue weighted by atomic mass is 10.1. The molecule has 0 unspecified atom stereocenters. The molecule has 1 aromatic carbocycles. The van der Waals surface area contributed by atoms with Crippen LogP contribution in [0.1, 0.15) is 5.56 Å². The number of H-pyrrole nitrogens is 1. The van der Waals surface area contributed by atoms with E-state index >= 15 is 0 Å². The van der Waals surface area contributed by atoms with Crippen molar-refractivity contribution in [3.63, 3.8) is 0 Å². The first-order valence-corrected chi connectivity index (χ1v) is 6.35. The van der Waals surface area contributed by atoms with Crippen LogP contribution in [0.25, 0.3) is 11.0 Å². The van der Waals surface area contributed by atoms with Gasteiger partial charge in [0.05, 0.1) is 11.1 Å². The first kappa shape index (κ1) is 11.6. The summed E-state index contributed by atoms with van der Waals surface area (Å²) < 4.78 is 0. The quantitative estimate of drug-likeness (QED) is 0.622. The van der Waals surface area contributed by atoms with Crippen LogP contribution in [0.15, 0.2) is 48.0 Å². The van der Waals surface area contributed by atoms with Gasteiger partial charge < -0.3 is 10.3 Å². The number of aromatic nitrogens is 3. The van der Waals surface area contributed by atoms with E-state index in [1.54, 1.807) is 6.20 Å². The molecule has 0 radical (unpaired) electrons. The summed E-state index contributed by atoms with van der Waals surface area (Å²) >= 11 is 0. The van der Waals surface area contributed by atoms with Crippen LogP contribution in [0.5, 0.6) is 0 Å². The summed E-state index contributed by atoms with van der Waals surface area (Å²) in [5.41, 5.74) is 5.43. The highest BCUT2D eigenvalue weighted by Crippen LogP contribution is 2.23. The average Bonchev–Trinajstić information content (AvgIpc) is 3.09. The maximum absolute atomic E-state index is 11.9. The Hall–Kier alpha value is -3.22. The third-order valence-electron chi connectivity index (χ3n) is 3.27. The minimum absolute atomic E-state index is 0.233. The van der Waals surface area contributed by atoms with Crippen molar-refractivity contribution in [2.24, 2.45) is 5.10 Å². The Morgan fingerprint density at radius 3 is 3.00 bits per heavy atom. The van der Waals surface area contributed by atoms with Gasteiger partial charge in [-0.15, -0.1) is 0 Å². The Kier molecular flexibility index (Phi) is 2.43. The predicted molar refractivity (Wildman–Crippen MR) is 79.1 cm³/mol. The number of rotatable bonds is 2. The lowest BCUT2D eigenvalue weighted by Crippen LogP contribution is -2.16. The van der Waals surface area contributed by atoms with Gasteiger partial charge in [-0.2, -0.15) is 5.10 Å². The zero-order chi connectivity index (χ0) is 14.2. The molecule has 1 amide bonds. The smallest absolute Gasteiger partial charge is 0.276 e. The van der Waals surface area contributed by atoms with Crippen molar-refractivity contribution in [2.45, 2.75) is 0 Å². The second-order valence-corrected chi connectivity index (χ2v) is 4.53. The molecule has 7 nitrogen and oxygen atoms in total. The van der Waals surface area contributed by atoms with Gasteiger partial charge >= 0.3 is 0 Å². The van der Waals surface area contributed by atoms with Crippen LogP contribution >= 0.6 is 0 Å².